The number of aliphatic hydroxyl groups is 2. The van der Waals surface area contributed by atoms with Gasteiger partial charge >= 0.3 is 17.9 Å². The van der Waals surface area contributed by atoms with Crippen molar-refractivity contribution in [2.75, 3.05) is 6.61 Å². The van der Waals surface area contributed by atoms with Crippen LogP contribution in [0.2, 0.25) is 0 Å². The van der Waals surface area contributed by atoms with Gasteiger partial charge in [-0.05, 0) is 39.0 Å². The Morgan fingerprint density at radius 1 is 1.04 bits per heavy atom. The second-order valence-corrected chi connectivity index (χ2v) is 6.92. The molecule has 1 unspecified atom stereocenters. The quantitative estimate of drug-likeness (QED) is 0.395. The van der Waals surface area contributed by atoms with E-state index < -0.39 is 29.9 Å². The van der Waals surface area contributed by atoms with E-state index >= 15 is 0 Å². The first-order valence-electron chi connectivity index (χ1n) is 8.74. The predicted molar refractivity (Wildman–Crippen MR) is 93.1 cm³/mol. The van der Waals surface area contributed by atoms with Crippen LogP contribution in [0.25, 0.3) is 0 Å². The van der Waals surface area contributed by atoms with Crippen LogP contribution in [0.3, 0.4) is 0 Å². The fourth-order valence-corrected chi connectivity index (χ4v) is 3.42. The summed E-state index contributed by atoms with van der Waals surface area (Å²) < 4.78 is 10.4. The van der Waals surface area contributed by atoms with Gasteiger partial charge in [-0.25, -0.2) is 9.59 Å². The van der Waals surface area contributed by atoms with E-state index in [4.69, 9.17) is 9.47 Å². The van der Waals surface area contributed by atoms with Crippen molar-refractivity contribution in [3.05, 3.63) is 24.3 Å². The highest BCUT2D eigenvalue weighted by Crippen LogP contribution is 2.49. The molecule has 0 aromatic carbocycles. The standard InChI is InChI=1S/C19H30O6/c1-6-18(12-20,15-10-8-7-9-11-15)19(23,24-16(21)13(2)3)25-17(22)14(4)5/h15,20,23H,2,4,6-12H2,1,3,5H3. The Balaban J connectivity index is 3.35. The minimum atomic E-state index is -2.59. The fourth-order valence-electron chi connectivity index (χ4n) is 3.42. The van der Waals surface area contributed by atoms with Gasteiger partial charge in [0, 0.05) is 11.1 Å². The second kappa shape index (κ2) is 8.63. The molecule has 0 aromatic heterocycles. The van der Waals surface area contributed by atoms with Gasteiger partial charge in [-0.15, -0.1) is 0 Å². The molecule has 0 saturated heterocycles. The molecule has 6 heteroatoms. The number of carbonyl (C=O) groups is 2. The van der Waals surface area contributed by atoms with Crippen LogP contribution in [0.15, 0.2) is 24.3 Å². The van der Waals surface area contributed by atoms with Crippen LogP contribution in [0.1, 0.15) is 59.3 Å². The van der Waals surface area contributed by atoms with Crippen molar-refractivity contribution in [1.82, 2.24) is 0 Å². The van der Waals surface area contributed by atoms with E-state index in [-0.39, 0.29) is 23.5 Å². The topological polar surface area (TPSA) is 93.1 Å². The Morgan fingerprint density at radius 3 is 1.80 bits per heavy atom. The van der Waals surface area contributed by atoms with Crippen LogP contribution in [0.4, 0.5) is 0 Å². The molecule has 0 amide bonds. The Labute approximate surface area is 149 Å². The van der Waals surface area contributed by atoms with Crippen molar-refractivity contribution in [1.29, 1.82) is 0 Å². The lowest BCUT2D eigenvalue weighted by molar-refractivity contribution is -0.392. The van der Waals surface area contributed by atoms with E-state index in [9.17, 15) is 19.8 Å². The molecule has 1 saturated carbocycles. The summed E-state index contributed by atoms with van der Waals surface area (Å²) in [5.74, 6) is -4.53. The summed E-state index contributed by atoms with van der Waals surface area (Å²) in [5, 5.41) is 21.4. The maximum atomic E-state index is 12.1. The Hall–Kier alpha value is -1.66. The Kier molecular flexibility index (Phi) is 7.38. The highest BCUT2D eigenvalue weighted by molar-refractivity contribution is 5.89. The number of hydrogen-bond donors (Lipinski definition) is 2. The lowest BCUT2D eigenvalue weighted by Crippen LogP contribution is -2.60. The van der Waals surface area contributed by atoms with E-state index in [2.05, 4.69) is 13.2 Å². The highest BCUT2D eigenvalue weighted by atomic mass is 16.8. The highest BCUT2D eigenvalue weighted by Gasteiger charge is 2.60. The zero-order valence-electron chi connectivity index (χ0n) is 15.5. The number of esters is 2. The number of aliphatic hydroxyl groups excluding tert-OH is 1. The van der Waals surface area contributed by atoms with Crippen molar-refractivity contribution in [3.63, 3.8) is 0 Å². The van der Waals surface area contributed by atoms with Crippen molar-refractivity contribution in [3.8, 4) is 0 Å². The van der Waals surface area contributed by atoms with Crippen molar-refractivity contribution < 1.29 is 29.3 Å². The molecule has 1 aliphatic rings. The van der Waals surface area contributed by atoms with Crippen LogP contribution in [-0.2, 0) is 19.1 Å². The zero-order chi connectivity index (χ0) is 19.3. The molecule has 0 aromatic rings. The molecular formula is C19H30O6. The molecule has 0 radical (unpaired) electrons. The average molecular weight is 354 g/mol. The van der Waals surface area contributed by atoms with E-state index in [1.165, 1.54) is 13.8 Å². The number of rotatable bonds is 8. The number of carbonyl (C=O) groups excluding carboxylic acids is 2. The average Bonchev–Trinajstić information content (AvgIpc) is 2.56. The van der Waals surface area contributed by atoms with Gasteiger partial charge in [0.1, 0.15) is 5.41 Å². The SMILES string of the molecule is C=C(C)C(=O)OC(O)(OC(=O)C(=C)C)C(CC)(CO)C1CCCCC1. The summed E-state index contributed by atoms with van der Waals surface area (Å²) in [7, 11) is 0. The molecule has 0 bridgehead atoms. The van der Waals surface area contributed by atoms with Gasteiger partial charge in [-0.3, -0.25) is 0 Å². The molecule has 0 aliphatic heterocycles. The minimum Gasteiger partial charge on any atom is -0.395 e. The normalized spacial score (nSPS) is 18.1. The summed E-state index contributed by atoms with van der Waals surface area (Å²) in [6.07, 6.45) is 4.68. The van der Waals surface area contributed by atoms with Gasteiger partial charge in [-0.1, -0.05) is 39.3 Å². The summed E-state index contributed by atoms with van der Waals surface area (Å²) in [6, 6.07) is 0. The third-order valence-electron chi connectivity index (χ3n) is 5.09. The van der Waals surface area contributed by atoms with E-state index in [0.29, 0.717) is 0 Å². The van der Waals surface area contributed by atoms with Crippen LogP contribution in [-0.4, -0.2) is 34.7 Å². The molecule has 1 atom stereocenters. The Bertz CT molecular complexity index is 498. The van der Waals surface area contributed by atoms with Gasteiger partial charge in [0.25, 0.3) is 0 Å². The van der Waals surface area contributed by atoms with Crippen LogP contribution >= 0.6 is 0 Å². The molecule has 0 heterocycles. The number of hydrogen-bond acceptors (Lipinski definition) is 6. The van der Waals surface area contributed by atoms with Gasteiger partial charge < -0.3 is 19.7 Å². The third-order valence-corrected chi connectivity index (χ3v) is 5.09. The first-order chi connectivity index (χ1) is 11.6. The monoisotopic (exact) mass is 354 g/mol. The summed E-state index contributed by atoms with van der Waals surface area (Å²) in [5.41, 5.74) is -1.21. The third kappa shape index (κ3) is 4.50. The lowest BCUT2D eigenvalue weighted by Gasteiger charge is -2.48. The molecule has 6 nitrogen and oxygen atoms in total. The van der Waals surface area contributed by atoms with Crippen molar-refractivity contribution in [2.45, 2.75) is 65.3 Å². The van der Waals surface area contributed by atoms with Crippen LogP contribution < -0.4 is 0 Å². The van der Waals surface area contributed by atoms with E-state index in [1.807, 2.05) is 0 Å². The van der Waals surface area contributed by atoms with E-state index in [0.717, 1.165) is 32.1 Å². The molecular weight excluding hydrogens is 324 g/mol. The maximum Gasteiger partial charge on any atom is 0.382 e. The molecule has 1 fully saturated rings. The first-order valence-corrected chi connectivity index (χ1v) is 8.74. The Morgan fingerprint density at radius 2 is 1.48 bits per heavy atom. The lowest BCUT2D eigenvalue weighted by atomic mass is 9.65. The second-order valence-electron chi connectivity index (χ2n) is 6.92. The van der Waals surface area contributed by atoms with Crippen molar-refractivity contribution in [2.24, 2.45) is 11.3 Å². The maximum absolute atomic E-state index is 12.1. The summed E-state index contributed by atoms with van der Waals surface area (Å²) in [6.45, 7) is 11.1. The fraction of sp³-hybridized carbons (Fsp3) is 0.684. The summed E-state index contributed by atoms with van der Waals surface area (Å²) in [4.78, 5) is 24.2. The van der Waals surface area contributed by atoms with E-state index in [1.54, 1.807) is 6.92 Å². The minimum absolute atomic E-state index is 0.0522. The summed E-state index contributed by atoms with van der Waals surface area (Å²) >= 11 is 0. The molecule has 25 heavy (non-hydrogen) atoms. The molecule has 0 spiro atoms. The first kappa shape index (κ1) is 21.4. The van der Waals surface area contributed by atoms with Crippen molar-refractivity contribution >= 4 is 11.9 Å². The smallest absolute Gasteiger partial charge is 0.382 e. The van der Waals surface area contributed by atoms with Gasteiger partial charge in [-0.2, -0.15) is 0 Å². The van der Waals surface area contributed by atoms with Crippen LogP contribution in [0, 0.1) is 11.3 Å². The largest absolute Gasteiger partial charge is 0.395 e. The predicted octanol–water partition coefficient (Wildman–Crippen LogP) is 2.84. The molecule has 142 valence electrons. The van der Waals surface area contributed by atoms with Crippen LogP contribution in [0.5, 0.6) is 0 Å². The zero-order valence-corrected chi connectivity index (χ0v) is 15.5. The number of ether oxygens (including phenoxy) is 2. The van der Waals surface area contributed by atoms with Gasteiger partial charge in [0.15, 0.2) is 0 Å². The molecule has 1 aliphatic carbocycles. The van der Waals surface area contributed by atoms with Gasteiger partial charge in [0.2, 0.25) is 0 Å². The van der Waals surface area contributed by atoms with Gasteiger partial charge in [0.05, 0.1) is 6.61 Å². The molecule has 1 rings (SSSR count). The molecule has 2 N–H and O–H groups in total.